The highest BCUT2D eigenvalue weighted by atomic mass is 35.5. The molecule has 3 rings (SSSR count). The molecule has 2 aromatic rings. The van der Waals surface area contributed by atoms with Gasteiger partial charge in [0.05, 0.1) is 16.4 Å². The number of para-hydroxylation sites is 1. The van der Waals surface area contributed by atoms with Crippen LogP contribution in [0.2, 0.25) is 5.02 Å². The van der Waals surface area contributed by atoms with Gasteiger partial charge in [0.15, 0.2) is 6.29 Å². The van der Waals surface area contributed by atoms with E-state index in [1.807, 2.05) is 0 Å². The second kappa shape index (κ2) is 6.89. The number of anilines is 3. The van der Waals surface area contributed by atoms with E-state index in [0.717, 1.165) is 31.9 Å². The molecule has 0 unspecified atom stereocenters. The summed E-state index contributed by atoms with van der Waals surface area (Å²) in [4.78, 5) is 4.55. The van der Waals surface area contributed by atoms with Gasteiger partial charge < -0.3 is 25.7 Å². The molecule has 2 aromatic carbocycles. The summed E-state index contributed by atoms with van der Waals surface area (Å²) in [6.45, 7) is 5.57. The Morgan fingerprint density at radius 2 is 1.58 bits per heavy atom. The number of piperazine rings is 1. The fraction of sp³-hybridized carbons (Fsp3) is 0.333. The Bertz CT molecular complexity index is 728. The van der Waals surface area contributed by atoms with Crippen LogP contribution in [0, 0.1) is 6.92 Å². The molecule has 0 radical (unpaired) electrons. The Balaban J connectivity index is 1.76. The van der Waals surface area contributed by atoms with Gasteiger partial charge in [-0.25, -0.2) is 0 Å². The predicted molar refractivity (Wildman–Crippen MR) is 98.6 cm³/mol. The Hall–Kier alpha value is -1.95. The number of nitrogens with zero attached hydrogens (tertiary/aromatic N) is 2. The van der Waals surface area contributed by atoms with Crippen LogP contribution in [0.4, 0.5) is 17.1 Å². The van der Waals surface area contributed by atoms with Crippen molar-refractivity contribution in [3.8, 4) is 0 Å². The van der Waals surface area contributed by atoms with Crippen molar-refractivity contribution in [1.29, 1.82) is 0 Å². The average molecular weight is 348 g/mol. The number of aliphatic hydroxyl groups excluding tert-OH is 1. The van der Waals surface area contributed by atoms with Crippen LogP contribution in [0.15, 0.2) is 36.4 Å². The number of nitrogens with two attached hydrogens (primary N) is 1. The van der Waals surface area contributed by atoms with E-state index in [-0.39, 0.29) is 5.56 Å². The molecule has 1 heterocycles. The van der Waals surface area contributed by atoms with Gasteiger partial charge >= 0.3 is 0 Å². The largest absolute Gasteiger partial charge is 0.397 e. The molecule has 0 saturated carbocycles. The number of hydrogen-bond acceptors (Lipinski definition) is 5. The molecule has 4 N–H and O–H groups in total. The van der Waals surface area contributed by atoms with Crippen LogP contribution in [-0.4, -0.2) is 36.4 Å². The van der Waals surface area contributed by atoms with Gasteiger partial charge in [0, 0.05) is 37.4 Å². The maximum atomic E-state index is 9.31. The molecule has 0 atom stereocenters. The average Bonchev–Trinajstić information content (AvgIpc) is 2.57. The molecule has 0 amide bonds. The van der Waals surface area contributed by atoms with E-state index < -0.39 is 6.29 Å². The van der Waals surface area contributed by atoms with E-state index in [9.17, 15) is 10.2 Å². The molecule has 128 valence electrons. The second-order valence-corrected chi connectivity index (χ2v) is 6.47. The van der Waals surface area contributed by atoms with Crippen molar-refractivity contribution in [2.75, 3.05) is 41.7 Å². The number of hydrogen-bond donors (Lipinski definition) is 3. The van der Waals surface area contributed by atoms with E-state index in [1.165, 1.54) is 17.3 Å². The van der Waals surface area contributed by atoms with E-state index in [2.05, 4.69) is 41.0 Å². The lowest BCUT2D eigenvalue weighted by Gasteiger charge is -2.38. The van der Waals surface area contributed by atoms with Crippen molar-refractivity contribution in [2.45, 2.75) is 13.2 Å². The lowest BCUT2D eigenvalue weighted by Crippen LogP contribution is -2.47. The van der Waals surface area contributed by atoms with Crippen LogP contribution in [0.3, 0.4) is 0 Å². The highest BCUT2D eigenvalue weighted by molar-refractivity contribution is 6.31. The summed E-state index contributed by atoms with van der Waals surface area (Å²) < 4.78 is 0. The van der Waals surface area contributed by atoms with Crippen molar-refractivity contribution in [2.24, 2.45) is 0 Å². The van der Waals surface area contributed by atoms with Crippen LogP contribution in [0.5, 0.6) is 0 Å². The SMILES string of the molecule is Cc1ccccc1N1CCN(c2cc(Cl)c(C(O)O)cc2N)CC1. The summed E-state index contributed by atoms with van der Waals surface area (Å²) in [5, 5.41) is 18.9. The number of aryl methyl sites for hydroxylation is 1. The summed E-state index contributed by atoms with van der Waals surface area (Å²) >= 11 is 6.15. The Kier molecular flexibility index (Phi) is 4.85. The summed E-state index contributed by atoms with van der Waals surface area (Å²) in [6, 6.07) is 11.6. The Morgan fingerprint density at radius 3 is 2.17 bits per heavy atom. The van der Waals surface area contributed by atoms with Crippen molar-refractivity contribution in [1.82, 2.24) is 0 Å². The molecule has 0 spiro atoms. The lowest BCUT2D eigenvalue weighted by molar-refractivity contribution is -0.0423. The minimum atomic E-state index is -1.62. The van der Waals surface area contributed by atoms with Gasteiger partial charge in [-0.1, -0.05) is 29.8 Å². The summed E-state index contributed by atoms with van der Waals surface area (Å²) in [5.74, 6) is 0. The highest BCUT2D eigenvalue weighted by Crippen LogP contribution is 2.33. The van der Waals surface area contributed by atoms with Crippen LogP contribution in [0.25, 0.3) is 0 Å². The minimum absolute atomic E-state index is 0.233. The highest BCUT2D eigenvalue weighted by Gasteiger charge is 2.21. The fourth-order valence-electron chi connectivity index (χ4n) is 3.18. The van der Waals surface area contributed by atoms with Crippen molar-refractivity contribution >= 4 is 28.7 Å². The smallest absolute Gasteiger partial charge is 0.179 e. The normalized spacial score (nSPS) is 15.2. The molecule has 5 nitrogen and oxygen atoms in total. The summed E-state index contributed by atoms with van der Waals surface area (Å²) in [6.07, 6.45) is -1.62. The van der Waals surface area contributed by atoms with Gasteiger partial charge in [-0.05, 0) is 30.7 Å². The molecule has 1 aliphatic rings. The fourth-order valence-corrected chi connectivity index (χ4v) is 3.43. The van der Waals surface area contributed by atoms with Crippen LogP contribution in [-0.2, 0) is 0 Å². The molecule has 0 bridgehead atoms. The Morgan fingerprint density at radius 1 is 1.00 bits per heavy atom. The third-order valence-corrected chi connectivity index (χ3v) is 4.83. The van der Waals surface area contributed by atoms with Crippen LogP contribution >= 0.6 is 11.6 Å². The van der Waals surface area contributed by atoms with Gasteiger partial charge in [-0.2, -0.15) is 0 Å². The van der Waals surface area contributed by atoms with Gasteiger partial charge in [0.2, 0.25) is 0 Å². The number of benzene rings is 2. The third kappa shape index (κ3) is 3.29. The van der Waals surface area contributed by atoms with Gasteiger partial charge in [0.1, 0.15) is 0 Å². The topological polar surface area (TPSA) is 73.0 Å². The van der Waals surface area contributed by atoms with Crippen molar-refractivity contribution < 1.29 is 10.2 Å². The molecular weight excluding hydrogens is 326 g/mol. The molecule has 24 heavy (non-hydrogen) atoms. The van der Waals surface area contributed by atoms with Crippen molar-refractivity contribution in [3.05, 3.63) is 52.5 Å². The first kappa shape index (κ1) is 16.9. The number of nitrogen functional groups attached to an aromatic ring is 1. The zero-order valence-corrected chi connectivity index (χ0v) is 14.4. The molecule has 6 heteroatoms. The van der Waals surface area contributed by atoms with E-state index >= 15 is 0 Å². The van der Waals surface area contributed by atoms with E-state index in [0.29, 0.717) is 10.7 Å². The predicted octanol–water partition coefficient (Wildman–Crippen LogP) is 2.54. The summed E-state index contributed by atoms with van der Waals surface area (Å²) in [5.41, 5.74) is 10.2. The quantitative estimate of drug-likeness (QED) is 0.588. The third-order valence-electron chi connectivity index (χ3n) is 4.50. The lowest BCUT2D eigenvalue weighted by atomic mass is 10.1. The summed E-state index contributed by atoms with van der Waals surface area (Å²) in [7, 11) is 0. The standard InChI is InChI=1S/C18H22ClN3O2/c1-12-4-2-3-5-16(12)21-6-8-22(9-7-21)17-11-14(19)13(18(23)24)10-15(17)20/h2-5,10-11,18,23-24H,6-9,20H2,1H3. The monoisotopic (exact) mass is 347 g/mol. The molecule has 1 fully saturated rings. The van der Waals surface area contributed by atoms with Crippen LogP contribution < -0.4 is 15.5 Å². The minimum Gasteiger partial charge on any atom is -0.397 e. The molecular formula is C18H22ClN3O2. The van der Waals surface area contributed by atoms with Crippen LogP contribution in [0.1, 0.15) is 17.4 Å². The zero-order valence-electron chi connectivity index (χ0n) is 13.6. The van der Waals surface area contributed by atoms with E-state index in [1.54, 1.807) is 6.07 Å². The van der Waals surface area contributed by atoms with Gasteiger partial charge in [-0.3, -0.25) is 0 Å². The first-order chi connectivity index (χ1) is 11.5. The zero-order chi connectivity index (χ0) is 17.3. The first-order valence-corrected chi connectivity index (χ1v) is 8.35. The number of aliphatic hydroxyl groups is 2. The van der Waals surface area contributed by atoms with Gasteiger partial charge in [-0.15, -0.1) is 0 Å². The maximum absolute atomic E-state index is 9.31. The first-order valence-electron chi connectivity index (χ1n) is 7.98. The molecule has 0 aliphatic carbocycles. The molecule has 1 aliphatic heterocycles. The van der Waals surface area contributed by atoms with Gasteiger partial charge in [0.25, 0.3) is 0 Å². The molecule has 0 aromatic heterocycles. The number of halogens is 1. The second-order valence-electron chi connectivity index (χ2n) is 6.07. The Labute approximate surface area is 146 Å². The van der Waals surface area contributed by atoms with E-state index in [4.69, 9.17) is 17.3 Å². The maximum Gasteiger partial charge on any atom is 0.179 e. The molecule has 1 saturated heterocycles. The van der Waals surface area contributed by atoms with Crippen molar-refractivity contribution in [3.63, 3.8) is 0 Å². The number of rotatable bonds is 3.